The molecule has 1 aliphatic heterocycles. The zero-order valence-electron chi connectivity index (χ0n) is 8.50. The summed E-state index contributed by atoms with van der Waals surface area (Å²) in [7, 11) is 2.17. The molecule has 3 heteroatoms. The van der Waals surface area contributed by atoms with Crippen molar-refractivity contribution in [3.05, 3.63) is 11.3 Å². The van der Waals surface area contributed by atoms with E-state index in [9.17, 15) is 0 Å². The molecule has 2 rings (SSSR count). The zero-order valence-corrected chi connectivity index (χ0v) is 9.32. The number of rotatable bonds is 1. The fourth-order valence-corrected chi connectivity index (χ4v) is 2.95. The summed E-state index contributed by atoms with van der Waals surface area (Å²) >= 11 is 1.66. The molecule has 2 heterocycles. The highest BCUT2D eigenvalue weighted by Gasteiger charge is 2.21. The second-order valence-corrected chi connectivity index (χ2v) is 4.78. The first-order chi connectivity index (χ1) is 6.20. The third-order valence-corrected chi connectivity index (χ3v) is 3.63. The molecule has 0 N–H and O–H groups in total. The molecule has 13 heavy (non-hydrogen) atoms. The Morgan fingerprint density at radius 3 is 2.92 bits per heavy atom. The molecular weight excluding hydrogens is 180 g/mol. The maximum atomic E-state index is 4.55. The van der Waals surface area contributed by atoms with Crippen LogP contribution < -0.4 is 4.90 Å². The topological polar surface area (TPSA) is 16.1 Å². The molecule has 0 fully saturated rings. The van der Waals surface area contributed by atoms with Crippen LogP contribution in [0.4, 0.5) is 5.00 Å². The van der Waals surface area contributed by atoms with E-state index in [0.717, 1.165) is 0 Å². The zero-order chi connectivity index (χ0) is 9.42. The van der Waals surface area contributed by atoms with Gasteiger partial charge < -0.3 is 4.90 Å². The molecule has 0 aromatic carbocycles. The van der Waals surface area contributed by atoms with Gasteiger partial charge >= 0.3 is 0 Å². The third kappa shape index (κ3) is 1.46. The Morgan fingerprint density at radius 2 is 2.23 bits per heavy atom. The fourth-order valence-electron chi connectivity index (χ4n) is 1.90. The number of anilines is 1. The molecule has 0 bridgehead atoms. The lowest BCUT2D eigenvalue weighted by Gasteiger charge is -2.24. The fraction of sp³-hybridized carbons (Fsp3) is 0.700. The largest absolute Gasteiger partial charge is 0.365 e. The molecule has 0 unspecified atom stereocenters. The van der Waals surface area contributed by atoms with Gasteiger partial charge in [0, 0.05) is 19.2 Å². The minimum absolute atomic E-state index is 0.575. The van der Waals surface area contributed by atoms with Crippen molar-refractivity contribution in [2.75, 3.05) is 18.5 Å². The van der Waals surface area contributed by atoms with Gasteiger partial charge in [-0.25, -0.2) is 0 Å². The first-order valence-electron chi connectivity index (χ1n) is 4.89. The van der Waals surface area contributed by atoms with Crippen molar-refractivity contribution < 1.29 is 0 Å². The van der Waals surface area contributed by atoms with Crippen molar-refractivity contribution in [2.45, 2.75) is 32.6 Å². The summed E-state index contributed by atoms with van der Waals surface area (Å²) in [5.41, 5.74) is 2.83. The van der Waals surface area contributed by atoms with Gasteiger partial charge in [-0.05, 0) is 30.3 Å². The van der Waals surface area contributed by atoms with Gasteiger partial charge in [0.25, 0.3) is 0 Å². The lowest BCUT2D eigenvalue weighted by atomic mass is 10.00. The highest BCUT2D eigenvalue weighted by Crippen LogP contribution is 2.35. The molecule has 0 atom stereocenters. The highest BCUT2D eigenvalue weighted by molar-refractivity contribution is 7.10. The Morgan fingerprint density at radius 1 is 1.46 bits per heavy atom. The third-order valence-electron chi connectivity index (χ3n) is 2.61. The second-order valence-electron chi connectivity index (χ2n) is 4.03. The standard InChI is InChI=1S/C10H16N2S/c1-7(2)9-8-5-4-6-12(3)10(8)13-11-9/h7H,4-6H2,1-3H3. The van der Waals surface area contributed by atoms with Gasteiger partial charge in [-0.2, -0.15) is 4.37 Å². The maximum absolute atomic E-state index is 4.55. The summed E-state index contributed by atoms with van der Waals surface area (Å²) in [5.74, 6) is 0.575. The summed E-state index contributed by atoms with van der Waals surface area (Å²) in [5, 5.41) is 1.40. The van der Waals surface area contributed by atoms with Crippen LogP contribution in [-0.4, -0.2) is 18.0 Å². The molecule has 0 saturated heterocycles. The van der Waals surface area contributed by atoms with Crippen LogP contribution in [-0.2, 0) is 6.42 Å². The Kier molecular flexibility index (Phi) is 2.28. The van der Waals surface area contributed by atoms with Gasteiger partial charge in [-0.15, -0.1) is 0 Å². The predicted octanol–water partition coefficient (Wildman–Crippen LogP) is 2.65. The van der Waals surface area contributed by atoms with E-state index in [4.69, 9.17) is 0 Å². The number of nitrogens with zero attached hydrogens (tertiary/aromatic N) is 2. The molecule has 0 aliphatic carbocycles. The number of hydrogen-bond donors (Lipinski definition) is 0. The lowest BCUT2D eigenvalue weighted by Crippen LogP contribution is -2.23. The van der Waals surface area contributed by atoms with E-state index in [-0.39, 0.29) is 0 Å². The normalized spacial score (nSPS) is 16.5. The van der Waals surface area contributed by atoms with Crippen molar-refractivity contribution in [3.63, 3.8) is 0 Å². The van der Waals surface area contributed by atoms with E-state index < -0.39 is 0 Å². The van der Waals surface area contributed by atoms with Crippen molar-refractivity contribution in [3.8, 4) is 0 Å². The van der Waals surface area contributed by atoms with E-state index in [1.165, 1.54) is 35.6 Å². The van der Waals surface area contributed by atoms with Crippen LogP contribution >= 0.6 is 11.5 Å². The Bertz CT molecular complexity index is 290. The molecule has 1 aromatic heterocycles. The van der Waals surface area contributed by atoms with E-state index in [1.807, 2.05) is 0 Å². The van der Waals surface area contributed by atoms with Crippen LogP contribution in [0.25, 0.3) is 0 Å². The van der Waals surface area contributed by atoms with E-state index >= 15 is 0 Å². The monoisotopic (exact) mass is 196 g/mol. The van der Waals surface area contributed by atoms with Gasteiger partial charge in [-0.1, -0.05) is 13.8 Å². The van der Waals surface area contributed by atoms with Gasteiger partial charge in [0.2, 0.25) is 0 Å². The van der Waals surface area contributed by atoms with Crippen molar-refractivity contribution in [1.29, 1.82) is 0 Å². The molecule has 0 radical (unpaired) electrons. The Balaban J connectivity index is 2.41. The SMILES string of the molecule is CC(C)c1nsc2c1CCCN2C. The highest BCUT2D eigenvalue weighted by atomic mass is 32.1. The lowest BCUT2D eigenvalue weighted by molar-refractivity contribution is 0.727. The van der Waals surface area contributed by atoms with Gasteiger partial charge in [0.1, 0.15) is 5.00 Å². The molecule has 0 spiro atoms. The van der Waals surface area contributed by atoms with Crippen LogP contribution in [0.15, 0.2) is 0 Å². The molecule has 1 aromatic rings. The van der Waals surface area contributed by atoms with Crippen LogP contribution in [0, 0.1) is 0 Å². The van der Waals surface area contributed by atoms with Crippen LogP contribution in [0.3, 0.4) is 0 Å². The molecule has 1 aliphatic rings. The predicted molar refractivity (Wildman–Crippen MR) is 57.8 cm³/mol. The number of fused-ring (bicyclic) bond motifs is 1. The molecule has 2 nitrogen and oxygen atoms in total. The minimum Gasteiger partial charge on any atom is -0.365 e. The Labute approximate surface area is 83.7 Å². The number of aromatic nitrogens is 1. The van der Waals surface area contributed by atoms with Crippen molar-refractivity contribution in [2.24, 2.45) is 0 Å². The van der Waals surface area contributed by atoms with Gasteiger partial charge in [0.15, 0.2) is 0 Å². The van der Waals surface area contributed by atoms with Gasteiger partial charge in [0.05, 0.1) is 5.69 Å². The van der Waals surface area contributed by atoms with Crippen LogP contribution in [0.5, 0.6) is 0 Å². The molecule has 0 amide bonds. The minimum atomic E-state index is 0.575. The smallest absolute Gasteiger partial charge is 0.115 e. The van der Waals surface area contributed by atoms with Crippen LogP contribution in [0.1, 0.15) is 37.4 Å². The van der Waals surface area contributed by atoms with E-state index in [2.05, 4.69) is 30.2 Å². The van der Waals surface area contributed by atoms with E-state index in [1.54, 1.807) is 11.5 Å². The summed E-state index contributed by atoms with van der Waals surface area (Å²) in [4.78, 5) is 2.34. The summed E-state index contributed by atoms with van der Waals surface area (Å²) in [6.45, 7) is 5.64. The summed E-state index contributed by atoms with van der Waals surface area (Å²) in [6.07, 6.45) is 2.51. The maximum Gasteiger partial charge on any atom is 0.115 e. The first-order valence-corrected chi connectivity index (χ1v) is 5.67. The number of hydrogen-bond acceptors (Lipinski definition) is 3. The average Bonchev–Trinajstić information content (AvgIpc) is 2.48. The second kappa shape index (κ2) is 3.29. The van der Waals surface area contributed by atoms with Gasteiger partial charge in [-0.3, -0.25) is 0 Å². The summed E-state index contributed by atoms with van der Waals surface area (Å²) in [6, 6.07) is 0. The average molecular weight is 196 g/mol. The van der Waals surface area contributed by atoms with E-state index in [0.29, 0.717) is 5.92 Å². The Hall–Kier alpha value is -0.570. The van der Waals surface area contributed by atoms with Crippen molar-refractivity contribution >= 4 is 16.5 Å². The summed E-state index contributed by atoms with van der Waals surface area (Å²) < 4.78 is 4.55. The van der Waals surface area contributed by atoms with Crippen molar-refractivity contribution in [1.82, 2.24) is 4.37 Å². The molecule has 72 valence electrons. The van der Waals surface area contributed by atoms with Crippen LogP contribution in [0.2, 0.25) is 0 Å². The quantitative estimate of drug-likeness (QED) is 0.686. The first kappa shape index (κ1) is 9.00. The molecular formula is C10H16N2S. The molecule has 0 saturated carbocycles.